The number of aliphatic imine (C=N–C) groups is 1. The van der Waals surface area contributed by atoms with Crippen LogP contribution in [0.5, 0.6) is 0 Å². The molecule has 0 saturated carbocycles. The van der Waals surface area contributed by atoms with Gasteiger partial charge in [0.25, 0.3) is 0 Å². The number of nitrogens with zero attached hydrogens (tertiary/aromatic N) is 4. The van der Waals surface area contributed by atoms with Gasteiger partial charge in [-0.1, -0.05) is 0 Å². The van der Waals surface area contributed by atoms with E-state index < -0.39 is 0 Å². The first-order valence-electron chi connectivity index (χ1n) is 6.12. The molecule has 1 unspecified atom stereocenters. The van der Waals surface area contributed by atoms with E-state index in [9.17, 15) is 4.79 Å². The molecule has 0 aromatic carbocycles. The summed E-state index contributed by atoms with van der Waals surface area (Å²) in [6.45, 7) is 8.00. The summed E-state index contributed by atoms with van der Waals surface area (Å²) in [5, 5.41) is 4.28. The predicted octanol–water partition coefficient (Wildman–Crippen LogP) is 1.71. The molecule has 0 saturated heterocycles. The fourth-order valence-electron chi connectivity index (χ4n) is 2.11. The summed E-state index contributed by atoms with van der Waals surface area (Å²) in [4.78, 5) is 17.3. The molecule has 18 heavy (non-hydrogen) atoms. The van der Waals surface area contributed by atoms with Gasteiger partial charge < -0.3 is 10.6 Å². The van der Waals surface area contributed by atoms with E-state index in [4.69, 9.17) is 5.73 Å². The minimum atomic E-state index is -0.287. The lowest BCUT2D eigenvalue weighted by Gasteiger charge is -2.27. The van der Waals surface area contributed by atoms with Crippen molar-refractivity contribution in [1.29, 1.82) is 0 Å². The summed E-state index contributed by atoms with van der Waals surface area (Å²) in [6, 6.07) is -0.231. The molecule has 1 aromatic rings. The van der Waals surface area contributed by atoms with Crippen molar-refractivity contribution < 1.29 is 4.79 Å². The maximum absolute atomic E-state index is 11.8. The summed E-state index contributed by atoms with van der Waals surface area (Å²) in [5.74, 6) is 0.344. The van der Waals surface area contributed by atoms with Crippen molar-refractivity contribution in [2.45, 2.75) is 45.8 Å². The van der Waals surface area contributed by atoms with Crippen LogP contribution >= 0.6 is 0 Å². The average Bonchev–Trinajstić information content (AvgIpc) is 2.81. The van der Waals surface area contributed by atoms with Crippen molar-refractivity contribution in [3.8, 4) is 0 Å². The van der Waals surface area contributed by atoms with E-state index in [1.807, 2.05) is 38.6 Å². The lowest BCUT2D eigenvalue weighted by atomic mass is 10.1. The van der Waals surface area contributed by atoms with Crippen LogP contribution < -0.4 is 5.73 Å². The second-order valence-corrected chi connectivity index (χ2v) is 5.07. The van der Waals surface area contributed by atoms with Crippen LogP contribution in [0.4, 0.5) is 4.79 Å². The van der Waals surface area contributed by atoms with Gasteiger partial charge in [0.05, 0.1) is 6.20 Å². The van der Waals surface area contributed by atoms with Crippen molar-refractivity contribution >= 4 is 11.9 Å². The highest BCUT2D eigenvalue weighted by Crippen LogP contribution is 2.28. The summed E-state index contributed by atoms with van der Waals surface area (Å²) < 4.78 is 1.85. The second kappa shape index (κ2) is 4.44. The van der Waals surface area contributed by atoms with Crippen molar-refractivity contribution in [3.63, 3.8) is 0 Å². The van der Waals surface area contributed by atoms with E-state index in [-0.39, 0.29) is 24.2 Å². The number of urea groups is 1. The van der Waals surface area contributed by atoms with Crippen molar-refractivity contribution in [2.75, 3.05) is 0 Å². The third-order valence-corrected chi connectivity index (χ3v) is 3.03. The SMILES string of the molecule is CC(C)N1C(=O)N=C(N)C1c1cnn(C(C)C)c1. The van der Waals surface area contributed by atoms with Crippen LogP contribution in [0.2, 0.25) is 0 Å². The van der Waals surface area contributed by atoms with Gasteiger partial charge in [0.1, 0.15) is 11.9 Å². The van der Waals surface area contributed by atoms with Crippen LogP contribution in [-0.2, 0) is 0 Å². The molecule has 2 amide bonds. The van der Waals surface area contributed by atoms with Crippen molar-refractivity contribution in [3.05, 3.63) is 18.0 Å². The van der Waals surface area contributed by atoms with Gasteiger partial charge in [-0.2, -0.15) is 10.1 Å². The van der Waals surface area contributed by atoms with Gasteiger partial charge >= 0.3 is 6.03 Å². The minimum Gasteiger partial charge on any atom is -0.385 e. The normalized spacial score (nSPS) is 20.1. The molecule has 0 aliphatic carbocycles. The Balaban J connectivity index is 2.35. The van der Waals surface area contributed by atoms with Crippen LogP contribution in [0, 0.1) is 0 Å². The Morgan fingerprint density at radius 2 is 1.94 bits per heavy atom. The molecule has 1 aliphatic heterocycles. The standard InChI is InChI=1S/C12H19N5O/c1-7(2)16-6-9(5-14-16)10-11(13)15-12(18)17(10)8(3)4/h5-8,10H,1-4H3,(H2,13,15,18). The monoisotopic (exact) mass is 249 g/mol. The molecule has 0 radical (unpaired) electrons. The number of hydrogen-bond donors (Lipinski definition) is 1. The highest BCUT2D eigenvalue weighted by molar-refractivity contribution is 6.03. The Hall–Kier alpha value is -1.85. The zero-order chi connectivity index (χ0) is 13.4. The molecular formula is C12H19N5O. The molecule has 2 N–H and O–H groups in total. The average molecular weight is 249 g/mol. The zero-order valence-corrected chi connectivity index (χ0v) is 11.2. The Labute approximate surface area is 106 Å². The Bertz CT molecular complexity index is 488. The van der Waals surface area contributed by atoms with Gasteiger partial charge in [0, 0.05) is 23.8 Å². The first kappa shape index (κ1) is 12.6. The van der Waals surface area contributed by atoms with Gasteiger partial charge in [-0.25, -0.2) is 4.79 Å². The number of rotatable bonds is 3. The highest BCUT2D eigenvalue weighted by atomic mass is 16.2. The number of amidine groups is 1. The lowest BCUT2D eigenvalue weighted by molar-refractivity contribution is 0.190. The summed E-state index contributed by atoms with van der Waals surface area (Å²) in [5.41, 5.74) is 6.77. The molecule has 6 nitrogen and oxygen atoms in total. The van der Waals surface area contributed by atoms with Crippen LogP contribution in [0.3, 0.4) is 0 Å². The molecule has 0 bridgehead atoms. The van der Waals surface area contributed by atoms with E-state index in [0.29, 0.717) is 5.84 Å². The quantitative estimate of drug-likeness (QED) is 0.885. The maximum Gasteiger partial charge on any atom is 0.346 e. The molecular weight excluding hydrogens is 230 g/mol. The number of amides is 2. The van der Waals surface area contributed by atoms with Crippen molar-refractivity contribution in [2.24, 2.45) is 10.7 Å². The zero-order valence-electron chi connectivity index (χ0n) is 11.2. The molecule has 98 valence electrons. The molecule has 1 atom stereocenters. The molecule has 2 heterocycles. The first-order valence-corrected chi connectivity index (χ1v) is 6.12. The predicted molar refractivity (Wildman–Crippen MR) is 69.3 cm³/mol. The first-order chi connectivity index (χ1) is 8.41. The number of carbonyl (C=O) groups excluding carboxylic acids is 1. The Morgan fingerprint density at radius 3 is 2.44 bits per heavy atom. The van der Waals surface area contributed by atoms with Crippen LogP contribution in [0.1, 0.15) is 45.3 Å². The van der Waals surface area contributed by atoms with Crippen LogP contribution in [0.15, 0.2) is 17.4 Å². The molecule has 2 rings (SSSR count). The highest BCUT2D eigenvalue weighted by Gasteiger charge is 2.36. The third-order valence-electron chi connectivity index (χ3n) is 3.03. The minimum absolute atomic E-state index is 0.0506. The van der Waals surface area contributed by atoms with Gasteiger partial charge in [0.15, 0.2) is 0 Å². The molecule has 6 heteroatoms. The number of nitrogens with two attached hydrogens (primary N) is 1. The van der Waals surface area contributed by atoms with E-state index >= 15 is 0 Å². The summed E-state index contributed by atoms with van der Waals surface area (Å²) in [6.07, 6.45) is 3.67. The molecule has 1 aromatic heterocycles. The fraction of sp³-hybridized carbons (Fsp3) is 0.583. The topological polar surface area (TPSA) is 76.5 Å². The van der Waals surface area contributed by atoms with Gasteiger partial charge in [-0.15, -0.1) is 0 Å². The Kier molecular flexibility index (Phi) is 3.11. The molecule has 0 spiro atoms. The van der Waals surface area contributed by atoms with Gasteiger partial charge in [0.2, 0.25) is 0 Å². The van der Waals surface area contributed by atoms with E-state index in [2.05, 4.69) is 10.1 Å². The largest absolute Gasteiger partial charge is 0.385 e. The second-order valence-electron chi connectivity index (χ2n) is 5.07. The summed E-state index contributed by atoms with van der Waals surface area (Å²) in [7, 11) is 0. The van der Waals surface area contributed by atoms with Gasteiger partial charge in [-0.3, -0.25) is 4.68 Å². The summed E-state index contributed by atoms with van der Waals surface area (Å²) >= 11 is 0. The lowest BCUT2D eigenvalue weighted by Crippen LogP contribution is -2.38. The molecule has 0 fully saturated rings. The van der Waals surface area contributed by atoms with E-state index in [0.717, 1.165) is 5.56 Å². The maximum atomic E-state index is 11.8. The number of hydrogen-bond acceptors (Lipinski definition) is 3. The number of aromatic nitrogens is 2. The number of carbonyl (C=O) groups is 1. The smallest absolute Gasteiger partial charge is 0.346 e. The molecule has 1 aliphatic rings. The van der Waals surface area contributed by atoms with Crippen LogP contribution in [0.25, 0.3) is 0 Å². The Morgan fingerprint density at radius 1 is 1.28 bits per heavy atom. The van der Waals surface area contributed by atoms with Crippen molar-refractivity contribution in [1.82, 2.24) is 14.7 Å². The van der Waals surface area contributed by atoms with E-state index in [1.165, 1.54) is 0 Å². The fourth-order valence-corrected chi connectivity index (χ4v) is 2.11. The van der Waals surface area contributed by atoms with Gasteiger partial charge in [-0.05, 0) is 27.7 Å². The third kappa shape index (κ3) is 1.98. The van der Waals surface area contributed by atoms with E-state index in [1.54, 1.807) is 11.1 Å². The van der Waals surface area contributed by atoms with Crippen LogP contribution in [-0.4, -0.2) is 32.6 Å².